The molecule has 1 aliphatic heterocycles. The van der Waals surface area contributed by atoms with Crippen LogP contribution < -0.4 is 11.1 Å². The Morgan fingerprint density at radius 3 is 2.76 bits per heavy atom. The Morgan fingerprint density at radius 1 is 1.40 bits per heavy atom. The van der Waals surface area contributed by atoms with Gasteiger partial charge in [0, 0.05) is 26.2 Å². The van der Waals surface area contributed by atoms with E-state index in [1.165, 1.54) is 11.3 Å². The number of aromatic nitrogens is 1. The first kappa shape index (κ1) is 24.1. The molecule has 1 unspecified atom stereocenters. The standard InChI is InChI=1S/C16H26N4O2S.2ClH/c1-3-5-13-19-11(2)14(23-13)16(22)20-9-4-6-12(10-20)15(21)18-8-7-17;;/h12H,3-10,17H2,1-2H3,(H,18,21);2*1H. The van der Waals surface area contributed by atoms with Gasteiger partial charge < -0.3 is 16.0 Å². The van der Waals surface area contributed by atoms with E-state index in [-0.39, 0.29) is 42.5 Å². The summed E-state index contributed by atoms with van der Waals surface area (Å²) < 4.78 is 0. The Labute approximate surface area is 165 Å². The van der Waals surface area contributed by atoms with Crippen LogP contribution in [0.5, 0.6) is 0 Å². The van der Waals surface area contributed by atoms with Crippen molar-refractivity contribution in [2.45, 2.75) is 39.5 Å². The molecule has 1 fully saturated rings. The summed E-state index contributed by atoms with van der Waals surface area (Å²) in [7, 11) is 0. The van der Waals surface area contributed by atoms with Crippen LogP contribution in [-0.2, 0) is 11.2 Å². The van der Waals surface area contributed by atoms with E-state index in [4.69, 9.17) is 5.73 Å². The van der Waals surface area contributed by atoms with E-state index in [1.54, 1.807) is 4.90 Å². The molecule has 1 aliphatic rings. The van der Waals surface area contributed by atoms with Crippen LogP contribution in [0.25, 0.3) is 0 Å². The van der Waals surface area contributed by atoms with Gasteiger partial charge in [0.05, 0.1) is 16.6 Å². The summed E-state index contributed by atoms with van der Waals surface area (Å²) in [5, 5.41) is 3.84. The van der Waals surface area contributed by atoms with Gasteiger partial charge in [-0.25, -0.2) is 4.98 Å². The lowest BCUT2D eigenvalue weighted by atomic mass is 9.97. The second-order valence-electron chi connectivity index (χ2n) is 5.94. The monoisotopic (exact) mass is 410 g/mol. The summed E-state index contributed by atoms with van der Waals surface area (Å²) in [5.41, 5.74) is 6.22. The Hall–Kier alpha value is -0.890. The van der Waals surface area contributed by atoms with E-state index in [2.05, 4.69) is 17.2 Å². The maximum atomic E-state index is 12.8. The van der Waals surface area contributed by atoms with Crippen LogP contribution in [0.15, 0.2) is 0 Å². The molecule has 0 bridgehead atoms. The number of nitrogens with two attached hydrogens (primary N) is 1. The van der Waals surface area contributed by atoms with Crippen molar-refractivity contribution in [3.63, 3.8) is 0 Å². The molecule has 144 valence electrons. The van der Waals surface area contributed by atoms with Gasteiger partial charge in [-0.1, -0.05) is 6.92 Å². The second-order valence-corrected chi connectivity index (χ2v) is 7.03. The first-order chi connectivity index (χ1) is 11.1. The number of carbonyl (C=O) groups excluding carboxylic acids is 2. The molecular formula is C16H28Cl2N4O2S. The minimum Gasteiger partial charge on any atom is -0.355 e. The Bertz CT molecular complexity index is 568. The van der Waals surface area contributed by atoms with E-state index < -0.39 is 0 Å². The number of likely N-dealkylation sites (tertiary alicyclic amines) is 1. The Kier molecular flexibility index (Phi) is 11.3. The summed E-state index contributed by atoms with van der Waals surface area (Å²) >= 11 is 1.49. The predicted molar refractivity (Wildman–Crippen MR) is 106 cm³/mol. The number of nitrogens with zero attached hydrogens (tertiary/aromatic N) is 2. The van der Waals surface area contributed by atoms with Crippen LogP contribution in [0, 0.1) is 12.8 Å². The number of nitrogens with one attached hydrogen (secondary N) is 1. The van der Waals surface area contributed by atoms with E-state index >= 15 is 0 Å². The molecule has 0 aromatic carbocycles. The maximum Gasteiger partial charge on any atom is 0.265 e. The molecule has 2 rings (SSSR count). The number of amides is 2. The van der Waals surface area contributed by atoms with Crippen molar-refractivity contribution in [3.8, 4) is 0 Å². The highest BCUT2D eigenvalue weighted by Gasteiger charge is 2.30. The largest absolute Gasteiger partial charge is 0.355 e. The Balaban J connectivity index is 0.00000288. The highest BCUT2D eigenvalue weighted by Crippen LogP contribution is 2.24. The molecular weight excluding hydrogens is 383 g/mol. The van der Waals surface area contributed by atoms with Gasteiger partial charge >= 0.3 is 0 Å². The molecule has 1 saturated heterocycles. The number of carbonyl (C=O) groups is 2. The van der Waals surface area contributed by atoms with Crippen molar-refractivity contribution in [1.29, 1.82) is 0 Å². The zero-order valence-electron chi connectivity index (χ0n) is 14.7. The van der Waals surface area contributed by atoms with Crippen LogP contribution in [0.3, 0.4) is 0 Å². The quantitative estimate of drug-likeness (QED) is 0.751. The number of aryl methyl sites for hydroxylation is 2. The maximum absolute atomic E-state index is 12.8. The second kappa shape index (κ2) is 11.7. The van der Waals surface area contributed by atoms with Crippen molar-refractivity contribution >= 4 is 48.0 Å². The van der Waals surface area contributed by atoms with Crippen LogP contribution in [0.4, 0.5) is 0 Å². The topological polar surface area (TPSA) is 88.3 Å². The molecule has 0 saturated carbocycles. The van der Waals surface area contributed by atoms with Gasteiger partial charge in [0.1, 0.15) is 4.88 Å². The van der Waals surface area contributed by atoms with Gasteiger partial charge in [0.2, 0.25) is 5.91 Å². The highest BCUT2D eigenvalue weighted by molar-refractivity contribution is 7.13. The van der Waals surface area contributed by atoms with Gasteiger partial charge in [0.25, 0.3) is 5.91 Å². The summed E-state index contributed by atoms with van der Waals surface area (Å²) in [6, 6.07) is 0. The molecule has 25 heavy (non-hydrogen) atoms. The number of rotatable bonds is 6. The molecule has 0 radical (unpaired) electrons. The number of hydrogen-bond donors (Lipinski definition) is 2. The van der Waals surface area contributed by atoms with Crippen molar-refractivity contribution < 1.29 is 9.59 Å². The number of thiazole rings is 1. The summed E-state index contributed by atoms with van der Waals surface area (Å²) in [6.45, 7) is 6.10. The smallest absolute Gasteiger partial charge is 0.265 e. The zero-order chi connectivity index (χ0) is 16.8. The first-order valence-electron chi connectivity index (χ1n) is 8.30. The zero-order valence-corrected chi connectivity index (χ0v) is 17.2. The lowest BCUT2D eigenvalue weighted by Gasteiger charge is -2.31. The summed E-state index contributed by atoms with van der Waals surface area (Å²) in [5.74, 6) is -0.123. The molecule has 1 atom stereocenters. The molecule has 2 amide bonds. The van der Waals surface area contributed by atoms with E-state index in [9.17, 15) is 9.59 Å². The van der Waals surface area contributed by atoms with Gasteiger partial charge in [0.15, 0.2) is 0 Å². The van der Waals surface area contributed by atoms with Crippen molar-refractivity contribution in [2.24, 2.45) is 11.7 Å². The highest BCUT2D eigenvalue weighted by atomic mass is 35.5. The molecule has 9 heteroatoms. The van der Waals surface area contributed by atoms with Gasteiger partial charge in [-0.05, 0) is 32.6 Å². The number of halogens is 2. The van der Waals surface area contributed by atoms with Gasteiger partial charge in [-0.15, -0.1) is 36.2 Å². The van der Waals surface area contributed by atoms with Crippen LogP contribution >= 0.6 is 36.2 Å². The molecule has 2 heterocycles. The average molecular weight is 411 g/mol. The fourth-order valence-electron chi connectivity index (χ4n) is 2.83. The Morgan fingerprint density at radius 2 is 2.12 bits per heavy atom. The summed E-state index contributed by atoms with van der Waals surface area (Å²) in [4.78, 5) is 31.9. The average Bonchev–Trinajstić information content (AvgIpc) is 2.93. The lowest BCUT2D eigenvalue weighted by molar-refractivity contribution is -0.126. The van der Waals surface area contributed by atoms with Crippen LogP contribution in [-0.4, -0.2) is 47.9 Å². The first-order valence-corrected chi connectivity index (χ1v) is 9.11. The molecule has 0 spiro atoms. The van der Waals surface area contributed by atoms with E-state index in [0.29, 0.717) is 26.2 Å². The molecule has 1 aromatic rings. The molecule has 3 N–H and O–H groups in total. The van der Waals surface area contributed by atoms with Crippen molar-refractivity contribution in [2.75, 3.05) is 26.2 Å². The fraction of sp³-hybridized carbons (Fsp3) is 0.688. The third-order valence-electron chi connectivity index (χ3n) is 4.02. The van der Waals surface area contributed by atoms with Crippen LogP contribution in [0.2, 0.25) is 0 Å². The molecule has 0 aliphatic carbocycles. The molecule has 1 aromatic heterocycles. The number of hydrogen-bond acceptors (Lipinski definition) is 5. The van der Waals surface area contributed by atoms with Crippen molar-refractivity contribution in [3.05, 3.63) is 15.6 Å². The van der Waals surface area contributed by atoms with Gasteiger partial charge in [-0.3, -0.25) is 9.59 Å². The van der Waals surface area contributed by atoms with E-state index in [0.717, 1.165) is 41.3 Å². The third kappa shape index (κ3) is 6.40. The predicted octanol–water partition coefficient (Wildman–Crippen LogP) is 2.17. The van der Waals surface area contributed by atoms with Crippen LogP contribution in [0.1, 0.15) is 46.6 Å². The lowest BCUT2D eigenvalue weighted by Crippen LogP contribution is -2.46. The minimum atomic E-state index is -0.136. The molecule has 6 nitrogen and oxygen atoms in total. The number of piperidine rings is 1. The SMILES string of the molecule is CCCc1nc(C)c(C(=O)N2CCCC(C(=O)NCCN)C2)s1.Cl.Cl. The fourth-order valence-corrected chi connectivity index (χ4v) is 3.96. The van der Waals surface area contributed by atoms with E-state index in [1.807, 2.05) is 6.92 Å². The minimum absolute atomic E-state index is 0. The normalized spacial score (nSPS) is 16.6. The third-order valence-corrected chi connectivity index (χ3v) is 5.23. The summed E-state index contributed by atoms with van der Waals surface area (Å²) in [6.07, 6.45) is 3.60. The van der Waals surface area contributed by atoms with Crippen molar-refractivity contribution in [1.82, 2.24) is 15.2 Å². The van der Waals surface area contributed by atoms with Gasteiger partial charge in [-0.2, -0.15) is 0 Å².